The Bertz CT molecular complexity index is 1050. The first-order chi connectivity index (χ1) is 12.6. The number of carbonyl (C=O) groups is 1. The van der Waals surface area contributed by atoms with E-state index in [0.29, 0.717) is 36.2 Å². The van der Waals surface area contributed by atoms with Gasteiger partial charge in [-0.05, 0) is 12.1 Å². The molecule has 0 unspecified atom stereocenters. The number of primary amides is 1. The molecule has 26 heavy (non-hydrogen) atoms. The van der Waals surface area contributed by atoms with Gasteiger partial charge >= 0.3 is 0 Å². The second kappa shape index (κ2) is 6.15. The van der Waals surface area contributed by atoms with Crippen LogP contribution >= 0.6 is 0 Å². The average Bonchev–Trinajstić information content (AvgIpc) is 3.00. The van der Waals surface area contributed by atoms with Crippen LogP contribution in [-0.2, 0) is 4.74 Å². The lowest BCUT2D eigenvalue weighted by molar-refractivity contribution is -0.0247. The highest BCUT2D eigenvalue weighted by atomic mass is 16.5. The number of nitrogens with two attached hydrogens (primary N) is 1. The van der Waals surface area contributed by atoms with Crippen molar-refractivity contribution in [1.82, 2.24) is 19.2 Å². The van der Waals surface area contributed by atoms with E-state index in [4.69, 9.17) is 10.5 Å². The van der Waals surface area contributed by atoms with Crippen molar-refractivity contribution in [1.29, 1.82) is 0 Å². The minimum absolute atomic E-state index is 0.0452. The highest BCUT2D eigenvalue weighted by molar-refractivity contribution is 5.98. The molecule has 1 saturated heterocycles. The van der Waals surface area contributed by atoms with Crippen molar-refractivity contribution in [2.45, 2.75) is 6.04 Å². The van der Waals surface area contributed by atoms with Crippen LogP contribution in [0.4, 0.5) is 17.3 Å². The van der Waals surface area contributed by atoms with E-state index in [9.17, 15) is 9.59 Å². The van der Waals surface area contributed by atoms with Gasteiger partial charge in [0, 0.05) is 19.3 Å². The second-order valence-corrected chi connectivity index (χ2v) is 5.89. The first kappa shape index (κ1) is 16.1. The molecule has 0 bridgehead atoms. The van der Waals surface area contributed by atoms with Crippen LogP contribution in [0.5, 0.6) is 0 Å². The lowest BCUT2D eigenvalue weighted by atomic mass is 10.2. The number of aromatic nitrogens is 4. The molecule has 4 rings (SSSR count). The fourth-order valence-corrected chi connectivity index (χ4v) is 2.79. The van der Waals surface area contributed by atoms with E-state index in [2.05, 4.69) is 20.7 Å². The smallest absolute Gasteiger partial charge is 0.274 e. The maximum absolute atomic E-state index is 12.7. The van der Waals surface area contributed by atoms with Crippen molar-refractivity contribution in [3.8, 4) is 0 Å². The molecule has 1 fully saturated rings. The average molecular weight is 355 g/mol. The van der Waals surface area contributed by atoms with Crippen molar-refractivity contribution < 1.29 is 9.53 Å². The standard InChI is InChI=1S/C16H17N7O3/c1-18-13-5-12(21-15-10(14(17)24)6-19-23(13)15)20-11-3-2-4-22(16(11)25)9-7-26-8-9/h2-6,9,18H,7-8H2,1H3,(H2,17,24)(H,20,21). The number of amides is 1. The fourth-order valence-electron chi connectivity index (χ4n) is 2.79. The molecule has 134 valence electrons. The summed E-state index contributed by atoms with van der Waals surface area (Å²) in [5.74, 6) is 0.358. The molecule has 0 spiro atoms. The van der Waals surface area contributed by atoms with Gasteiger partial charge in [-0.3, -0.25) is 9.59 Å². The Kier molecular flexibility index (Phi) is 3.81. The number of anilines is 3. The topological polar surface area (TPSA) is 129 Å². The summed E-state index contributed by atoms with van der Waals surface area (Å²) in [4.78, 5) is 28.6. The molecular formula is C16H17N7O3. The van der Waals surface area contributed by atoms with Crippen LogP contribution < -0.4 is 21.9 Å². The Labute approximate surface area is 147 Å². The lowest BCUT2D eigenvalue weighted by Gasteiger charge is -2.28. The summed E-state index contributed by atoms with van der Waals surface area (Å²) in [5, 5.41) is 10.1. The van der Waals surface area contributed by atoms with Crippen LogP contribution in [0.1, 0.15) is 16.4 Å². The van der Waals surface area contributed by atoms with Crippen molar-refractivity contribution >= 4 is 28.9 Å². The zero-order chi connectivity index (χ0) is 18.3. The van der Waals surface area contributed by atoms with Crippen LogP contribution in [0.15, 0.2) is 35.4 Å². The Balaban J connectivity index is 1.77. The normalized spacial score (nSPS) is 14.2. The van der Waals surface area contributed by atoms with Crippen LogP contribution in [0.3, 0.4) is 0 Å². The Morgan fingerprint density at radius 1 is 1.42 bits per heavy atom. The number of rotatable bonds is 5. The molecule has 3 aromatic heterocycles. The van der Waals surface area contributed by atoms with Gasteiger partial charge in [0.15, 0.2) is 5.65 Å². The highest BCUT2D eigenvalue weighted by Crippen LogP contribution is 2.21. The molecule has 4 N–H and O–H groups in total. The molecule has 3 aromatic rings. The minimum atomic E-state index is -0.626. The van der Waals surface area contributed by atoms with E-state index < -0.39 is 5.91 Å². The molecule has 1 amide bonds. The maximum atomic E-state index is 12.7. The Morgan fingerprint density at radius 3 is 2.88 bits per heavy atom. The fraction of sp³-hybridized carbons (Fsp3) is 0.250. The van der Waals surface area contributed by atoms with E-state index in [1.54, 1.807) is 36.0 Å². The van der Waals surface area contributed by atoms with Crippen molar-refractivity contribution in [2.24, 2.45) is 5.73 Å². The molecule has 0 saturated carbocycles. The van der Waals surface area contributed by atoms with E-state index in [1.807, 2.05) is 0 Å². The maximum Gasteiger partial charge on any atom is 0.274 e. The third kappa shape index (κ3) is 2.56. The summed E-state index contributed by atoms with van der Waals surface area (Å²) >= 11 is 0. The quantitative estimate of drug-likeness (QED) is 0.602. The van der Waals surface area contributed by atoms with Crippen LogP contribution in [0.2, 0.25) is 0 Å². The third-order valence-corrected chi connectivity index (χ3v) is 4.24. The van der Waals surface area contributed by atoms with E-state index >= 15 is 0 Å². The number of hydrogen-bond acceptors (Lipinski definition) is 7. The largest absolute Gasteiger partial charge is 0.377 e. The Morgan fingerprint density at radius 2 is 2.23 bits per heavy atom. The monoisotopic (exact) mass is 355 g/mol. The molecule has 0 radical (unpaired) electrons. The number of carbonyl (C=O) groups excluding carboxylic acids is 1. The van der Waals surface area contributed by atoms with E-state index in [-0.39, 0.29) is 17.2 Å². The molecule has 10 nitrogen and oxygen atoms in total. The number of nitrogens with one attached hydrogen (secondary N) is 2. The van der Waals surface area contributed by atoms with Crippen molar-refractivity contribution in [3.63, 3.8) is 0 Å². The molecule has 0 aliphatic carbocycles. The van der Waals surface area contributed by atoms with Gasteiger partial charge in [-0.2, -0.15) is 9.61 Å². The number of hydrogen-bond donors (Lipinski definition) is 3. The second-order valence-electron chi connectivity index (χ2n) is 5.89. The highest BCUT2D eigenvalue weighted by Gasteiger charge is 2.22. The summed E-state index contributed by atoms with van der Waals surface area (Å²) in [6, 6.07) is 5.19. The zero-order valence-electron chi connectivity index (χ0n) is 14.0. The summed E-state index contributed by atoms with van der Waals surface area (Å²) in [6.45, 7) is 1.05. The summed E-state index contributed by atoms with van der Waals surface area (Å²) < 4.78 is 8.26. The van der Waals surface area contributed by atoms with Gasteiger partial charge in [0.25, 0.3) is 11.5 Å². The summed E-state index contributed by atoms with van der Waals surface area (Å²) in [5.41, 5.74) is 6.08. The molecular weight excluding hydrogens is 338 g/mol. The van der Waals surface area contributed by atoms with E-state index in [0.717, 1.165) is 0 Å². The van der Waals surface area contributed by atoms with Gasteiger partial charge in [0.1, 0.15) is 22.9 Å². The number of pyridine rings is 1. The molecule has 0 aromatic carbocycles. The molecule has 0 atom stereocenters. The Hall–Kier alpha value is -3.40. The summed E-state index contributed by atoms with van der Waals surface area (Å²) in [7, 11) is 1.72. The zero-order valence-corrected chi connectivity index (χ0v) is 14.0. The van der Waals surface area contributed by atoms with Gasteiger partial charge in [0.2, 0.25) is 0 Å². The predicted octanol–water partition coefficient (Wildman–Crippen LogP) is 0.346. The number of nitrogens with zero attached hydrogens (tertiary/aromatic N) is 4. The number of fused-ring (bicyclic) bond motifs is 1. The first-order valence-corrected chi connectivity index (χ1v) is 8.00. The van der Waals surface area contributed by atoms with Crippen LogP contribution in [0, 0.1) is 0 Å². The van der Waals surface area contributed by atoms with Gasteiger partial charge < -0.3 is 25.7 Å². The third-order valence-electron chi connectivity index (χ3n) is 4.24. The molecule has 1 aliphatic heterocycles. The van der Waals surface area contributed by atoms with Gasteiger partial charge in [-0.1, -0.05) is 0 Å². The lowest BCUT2D eigenvalue weighted by Crippen LogP contribution is -2.37. The molecule has 10 heteroatoms. The van der Waals surface area contributed by atoms with Crippen LogP contribution in [-0.4, -0.2) is 45.3 Å². The summed E-state index contributed by atoms with van der Waals surface area (Å²) in [6.07, 6.45) is 3.10. The molecule has 4 heterocycles. The van der Waals surface area contributed by atoms with Gasteiger partial charge in [-0.25, -0.2) is 4.98 Å². The molecule has 1 aliphatic rings. The van der Waals surface area contributed by atoms with E-state index in [1.165, 1.54) is 10.7 Å². The SMILES string of the molecule is CNc1cc(Nc2cccn(C3COC3)c2=O)nc2c(C(N)=O)cnn12. The van der Waals surface area contributed by atoms with Crippen LogP contribution in [0.25, 0.3) is 5.65 Å². The number of ether oxygens (including phenoxy) is 1. The predicted molar refractivity (Wildman–Crippen MR) is 94.9 cm³/mol. The van der Waals surface area contributed by atoms with Gasteiger partial charge in [0.05, 0.1) is 25.5 Å². The van der Waals surface area contributed by atoms with Crippen molar-refractivity contribution in [2.75, 3.05) is 30.9 Å². The van der Waals surface area contributed by atoms with Gasteiger partial charge in [-0.15, -0.1) is 0 Å². The van der Waals surface area contributed by atoms with Crippen molar-refractivity contribution in [3.05, 3.63) is 46.5 Å². The first-order valence-electron chi connectivity index (χ1n) is 8.00. The minimum Gasteiger partial charge on any atom is -0.377 e.